The second-order valence-corrected chi connectivity index (χ2v) is 11.6. The van der Waals surface area contributed by atoms with Crippen molar-refractivity contribution in [1.82, 2.24) is 10.2 Å². The van der Waals surface area contributed by atoms with E-state index in [1.54, 1.807) is 30.3 Å². The van der Waals surface area contributed by atoms with Gasteiger partial charge in [0.1, 0.15) is 5.58 Å². The minimum Gasteiger partial charge on any atom is -0.503 e. The maximum atomic E-state index is 14.0. The molecular weight excluding hydrogens is 590 g/mol. The Bertz CT molecular complexity index is 1810. The van der Waals surface area contributed by atoms with Crippen LogP contribution in [0.4, 0.5) is 5.13 Å². The lowest BCUT2D eigenvalue weighted by atomic mass is 9.94. The normalized spacial score (nSPS) is 14.9. The van der Waals surface area contributed by atoms with Crippen molar-refractivity contribution in [2.75, 3.05) is 26.2 Å². The lowest BCUT2D eigenvalue weighted by molar-refractivity contribution is -0.117. The van der Waals surface area contributed by atoms with Crippen molar-refractivity contribution in [2.45, 2.75) is 16.1 Å². The number of rotatable bonds is 10. The first-order valence-electron chi connectivity index (χ1n) is 13.0. The zero-order chi connectivity index (χ0) is 30.1. The van der Waals surface area contributed by atoms with Crippen LogP contribution in [0.1, 0.15) is 27.7 Å². The summed E-state index contributed by atoms with van der Waals surface area (Å²) in [4.78, 5) is 29.0. The number of hydrogen-bond donors (Lipinski definition) is 1. The number of methoxy groups -OCH3 is 3. The quantitative estimate of drug-likeness (QED) is 0.107. The summed E-state index contributed by atoms with van der Waals surface area (Å²) in [6.45, 7) is 0. The van der Waals surface area contributed by atoms with Crippen LogP contribution in [0.15, 0.2) is 92.9 Å². The molecule has 1 N–H and O–H groups in total. The molecule has 0 saturated heterocycles. The first kappa shape index (κ1) is 28.3. The fraction of sp³-hybridized carbons (Fsp3) is 0.161. The van der Waals surface area contributed by atoms with E-state index in [0.29, 0.717) is 43.9 Å². The second kappa shape index (κ2) is 11.8. The molecule has 0 spiro atoms. The van der Waals surface area contributed by atoms with Gasteiger partial charge in [0.05, 0.1) is 32.9 Å². The summed E-state index contributed by atoms with van der Waals surface area (Å²) in [5.41, 5.74) is 1.85. The van der Waals surface area contributed by atoms with E-state index in [1.807, 2.05) is 42.5 Å². The van der Waals surface area contributed by atoms with Crippen LogP contribution >= 0.6 is 23.1 Å². The van der Waals surface area contributed by atoms with Crippen LogP contribution in [-0.4, -0.2) is 48.3 Å². The molecule has 0 bridgehead atoms. The molecule has 1 aliphatic rings. The molecule has 0 aliphatic carbocycles. The van der Waals surface area contributed by atoms with Crippen molar-refractivity contribution in [3.63, 3.8) is 0 Å². The number of hydrogen-bond acceptors (Lipinski definition) is 11. The van der Waals surface area contributed by atoms with Gasteiger partial charge in [0.25, 0.3) is 5.91 Å². The van der Waals surface area contributed by atoms with Crippen molar-refractivity contribution >= 4 is 50.9 Å². The Balaban J connectivity index is 1.44. The molecule has 0 unspecified atom stereocenters. The third-order valence-corrected chi connectivity index (χ3v) is 9.04. The molecule has 10 nitrogen and oxygen atoms in total. The van der Waals surface area contributed by atoms with Crippen LogP contribution in [-0.2, 0) is 10.5 Å². The number of fused-ring (bicyclic) bond motifs is 1. The summed E-state index contributed by atoms with van der Waals surface area (Å²) < 4.78 is 23.0. The number of furan rings is 1. The highest BCUT2D eigenvalue weighted by Gasteiger charge is 2.47. The minimum atomic E-state index is -1.11. The fourth-order valence-corrected chi connectivity index (χ4v) is 6.74. The van der Waals surface area contributed by atoms with E-state index < -0.39 is 23.5 Å². The number of aliphatic hydroxyl groups is 1. The molecule has 3 heterocycles. The molecule has 1 amide bonds. The minimum absolute atomic E-state index is 0.0220. The zero-order valence-corrected chi connectivity index (χ0v) is 24.9. The number of ketones is 1. The van der Waals surface area contributed by atoms with Crippen molar-refractivity contribution in [3.8, 4) is 17.2 Å². The maximum Gasteiger partial charge on any atom is 0.296 e. The van der Waals surface area contributed by atoms with Gasteiger partial charge in [0.15, 0.2) is 27.4 Å². The van der Waals surface area contributed by atoms with Gasteiger partial charge in [0.2, 0.25) is 16.7 Å². The Labute approximate surface area is 254 Å². The molecule has 218 valence electrons. The lowest BCUT2D eigenvalue weighted by Gasteiger charge is -2.25. The van der Waals surface area contributed by atoms with Crippen molar-refractivity contribution in [1.29, 1.82) is 0 Å². The van der Waals surface area contributed by atoms with Crippen LogP contribution in [0, 0.1) is 0 Å². The topological polar surface area (TPSA) is 124 Å². The summed E-state index contributed by atoms with van der Waals surface area (Å²) in [5, 5.41) is 20.7. The van der Waals surface area contributed by atoms with Crippen LogP contribution in [0.5, 0.6) is 17.2 Å². The summed E-state index contributed by atoms with van der Waals surface area (Å²) in [6, 6.07) is 20.8. The van der Waals surface area contributed by atoms with Crippen LogP contribution < -0.4 is 19.1 Å². The summed E-state index contributed by atoms with van der Waals surface area (Å²) >= 11 is 2.65. The van der Waals surface area contributed by atoms with Gasteiger partial charge >= 0.3 is 0 Å². The van der Waals surface area contributed by atoms with Crippen LogP contribution in [0.2, 0.25) is 0 Å². The Morgan fingerprint density at radius 2 is 1.67 bits per heavy atom. The van der Waals surface area contributed by atoms with E-state index in [-0.39, 0.29) is 16.5 Å². The Hall–Kier alpha value is -4.81. The van der Waals surface area contributed by atoms with E-state index in [4.69, 9.17) is 18.6 Å². The number of carbonyl (C=O) groups excluding carboxylic acids is 2. The first-order chi connectivity index (χ1) is 20.9. The molecule has 43 heavy (non-hydrogen) atoms. The standard InChI is InChI=1S/C31H25N3O7S2/c1-38-22-14-19(15-23(39-2)28(22)40-3)25-24(26(35)21-13-18-11-7-8-12-20(18)41-21)27(36)29(37)34(25)30-32-33-31(43-30)42-16-17-9-5-4-6-10-17/h4-15,25,36H,16H2,1-3H3/t25-/m1/s1. The van der Waals surface area contributed by atoms with Gasteiger partial charge in [-0.2, -0.15) is 0 Å². The van der Waals surface area contributed by atoms with Gasteiger partial charge in [-0.25, -0.2) is 0 Å². The number of thioether (sulfide) groups is 1. The number of Topliss-reactive ketones (excluding diaryl/α,β-unsaturated/α-hetero) is 1. The molecule has 1 aliphatic heterocycles. The molecule has 3 aromatic carbocycles. The number of benzene rings is 3. The van der Waals surface area contributed by atoms with Gasteiger partial charge in [0, 0.05) is 11.1 Å². The molecule has 6 rings (SSSR count). The van der Waals surface area contributed by atoms with Gasteiger partial charge in [-0.3, -0.25) is 14.5 Å². The molecule has 12 heteroatoms. The monoisotopic (exact) mass is 615 g/mol. The highest BCUT2D eigenvalue weighted by atomic mass is 32.2. The fourth-order valence-electron chi connectivity index (χ4n) is 4.91. The number of aliphatic hydroxyl groups excluding tert-OH is 1. The Morgan fingerprint density at radius 3 is 2.35 bits per heavy atom. The number of aromatic nitrogens is 2. The Kier molecular flexibility index (Phi) is 7.78. The lowest BCUT2D eigenvalue weighted by Crippen LogP contribution is -2.31. The zero-order valence-electron chi connectivity index (χ0n) is 23.3. The predicted octanol–water partition coefficient (Wildman–Crippen LogP) is 6.39. The van der Waals surface area contributed by atoms with Gasteiger partial charge in [-0.15, -0.1) is 10.2 Å². The van der Waals surface area contributed by atoms with E-state index in [2.05, 4.69) is 10.2 Å². The number of para-hydroxylation sites is 1. The average molecular weight is 616 g/mol. The average Bonchev–Trinajstić information content (AvgIpc) is 3.76. The van der Waals surface area contributed by atoms with Crippen molar-refractivity contribution in [2.24, 2.45) is 0 Å². The van der Waals surface area contributed by atoms with E-state index in [9.17, 15) is 14.7 Å². The van der Waals surface area contributed by atoms with Crippen molar-refractivity contribution < 1.29 is 33.3 Å². The third kappa shape index (κ3) is 5.19. The van der Waals surface area contributed by atoms with Gasteiger partial charge in [-0.1, -0.05) is 71.6 Å². The number of carbonyl (C=O) groups is 2. The molecule has 0 saturated carbocycles. The SMILES string of the molecule is COc1cc([C@@H]2C(C(=O)c3cc4ccccc4o3)=C(O)C(=O)N2c2nnc(SCc3ccccc3)s2)cc(OC)c1OC. The van der Waals surface area contributed by atoms with Crippen LogP contribution in [0.25, 0.3) is 11.0 Å². The second-order valence-electron chi connectivity index (χ2n) is 9.40. The first-order valence-corrected chi connectivity index (χ1v) is 14.8. The van der Waals surface area contributed by atoms with Gasteiger partial charge < -0.3 is 23.7 Å². The molecule has 5 aromatic rings. The Morgan fingerprint density at radius 1 is 0.977 bits per heavy atom. The van der Waals surface area contributed by atoms with E-state index >= 15 is 0 Å². The molecule has 1 atom stereocenters. The number of amides is 1. The van der Waals surface area contributed by atoms with Crippen LogP contribution in [0.3, 0.4) is 0 Å². The van der Waals surface area contributed by atoms with Gasteiger partial charge in [-0.05, 0) is 35.4 Å². The third-order valence-electron chi connectivity index (χ3n) is 6.91. The summed E-state index contributed by atoms with van der Waals surface area (Å²) in [7, 11) is 4.41. The summed E-state index contributed by atoms with van der Waals surface area (Å²) in [6.07, 6.45) is 0. The molecule has 0 radical (unpaired) electrons. The van der Waals surface area contributed by atoms with E-state index in [0.717, 1.165) is 5.56 Å². The highest BCUT2D eigenvalue weighted by molar-refractivity contribution is 8.00. The summed E-state index contributed by atoms with van der Waals surface area (Å²) in [5.74, 6) is -0.577. The number of anilines is 1. The maximum absolute atomic E-state index is 14.0. The molecular formula is C31H25N3O7S2. The smallest absolute Gasteiger partial charge is 0.296 e. The number of ether oxygens (including phenoxy) is 3. The van der Waals surface area contributed by atoms with Crippen molar-refractivity contribution in [3.05, 3.63) is 101 Å². The highest BCUT2D eigenvalue weighted by Crippen LogP contribution is 2.48. The number of nitrogens with zero attached hydrogens (tertiary/aromatic N) is 3. The largest absolute Gasteiger partial charge is 0.503 e. The van der Waals surface area contributed by atoms with E-state index in [1.165, 1.54) is 49.3 Å². The molecule has 0 fully saturated rings. The predicted molar refractivity (Wildman–Crippen MR) is 162 cm³/mol. The molecule has 2 aromatic heterocycles.